The molecule has 8 nitrogen and oxygen atoms in total. The molecule has 0 radical (unpaired) electrons. The number of sulfonamides is 1. The van der Waals surface area contributed by atoms with Gasteiger partial charge in [0.1, 0.15) is 0 Å². The molecular formula is C23H22Cl2N4O4S. The molecule has 0 fully saturated rings. The third kappa shape index (κ3) is 5.13. The molecule has 1 unspecified atom stereocenters. The molecule has 0 bridgehead atoms. The van der Waals surface area contributed by atoms with E-state index in [2.05, 4.69) is 15.4 Å². The number of urea groups is 1. The lowest BCUT2D eigenvalue weighted by Crippen LogP contribution is -2.39. The number of hydrogen-bond acceptors (Lipinski definition) is 5. The van der Waals surface area contributed by atoms with Gasteiger partial charge in [-0.1, -0.05) is 41.4 Å². The average Bonchev–Trinajstić information content (AvgIpc) is 3.28. The third-order valence-corrected chi connectivity index (χ3v) is 7.69. The van der Waals surface area contributed by atoms with Gasteiger partial charge in [0, 0.05) is 18.8 Å². The fraction of sp³-hybridized carbons (Fsp3) is 0.174. The van der Waals surface area contributed by atoms with Crippen molar-refractivity contribution >= 4 is 50.6 Å². The number of anilines is 2. The Bertz CT molecular complexity index is 1330. The van der Waals surface area contributed by atoms with Gasteiger partial charge in [-0.2, -0.15) is 5.06 Å². The van der Waals surface area contributed by atoms with Crippen molar-refractivity contribution in [3.05, 3.63) is 87.4 Å². The number of nitrogens with one attached hydrogen (secondary N) is 3. The normalized spacial score (nSPS) is 13.8. The molecule has 2 amide bonds. The molecule has 3 aromatic rings. The maximum absolute atomic E-state index is 12.8. The minimum absolute atomic E-state index is 0.0113. The Hall–Kier alpha value is -2.82. The number of hydrogen-bond donors (Lipinski definition) is 4. The van der Waals surface area contributed by atoms with E-state index in [-0.39, 0.29) is 10.6 Å². The van der Waals surface area contributed by atoms with E-state index in [1.165, 1.54) is 24.3 Å². The second kappa shape index (κ2) is 9.81. The van der Waals surface area contributed by atoms with Crippen molar-refractivity contribution in [1.29, 1.82) is 0 Å². The number of nitrogens with zero attached hydrogens (tertiary/aromatic N) is 1. The van der Waals surface area contributed by atoms with Gasteiger partial charge in [-0.3, -0.25) is 9.93 Å². The molecular weight excluding hydrogens is 499 g/mol. The molecule has 34 heavy (non-hydrogen) atoms. The zero-order chi connectivity index (χ0) is 24.5. The van der Waals surface area contributed by atoms with Gasteiger partial charge < -0.3 is 10.6 Å². The van der Waals surface area contributed by atoms with Crippen LogP contribution in [0.1, 0.15) is 29.7 Å². The van der Waals surface area contributed by atoms with Crippen LogP contribution in [0.4, 0.5) is 16.2 Å². The van der Waals surface area contributed by atoms with E-state index in [0.717, 1.165) is 17.7 Å². The van der Waals surface area contributed by atoms with E-state index < -0.39 is 22.1 Å². The summed E-state index contributed by atoms with van der Waals surface area (Å²) in [6.45, 7) is 3.15. The molecule has 11 heteroatoms. The van der Waals surface area contributed by atoms with Crippen molar-refractivity contribution in [3.63, 3.8) is 0 Å². The first kappa shape index (κ1) is 24.3. The van der Waals surface area contributed by atoms with Crippen LogP contribution < -0.4 is 20.4 Å². The Labute approximate surface area is 207 Å². The lowest BCUT2D eigenvalue weighted by atomic mass is 10.1. The topological polar surface area (TPSA) is 111 Å². The molecule has 0 aliphatic carbocycles. The number of halogens is 2. The fourth-order valence-electron chi connectivity index (χ4n) is 3.64. The van der Waals surface area contributed by atoms with Crippen LogP contribution in [0.25, 0.3) is 0 Å². The van der Waals surface area contributed by atoms with Crippen molar-refractivity contribution in [2.75, 3.05) is 9.79 Å². The molecule has 1 atom stereocenters. The summed E-state index contributed by atoms with van der Waals surface area (Å²) in [4.78, 5) is 12.5. The monoisotopic (exact) mass is 520 g/mol. The standard InChI is InChI=1S/C23H22Cl2N4O4S/c1-14(20-3-2-4-21(24)22(20)25)27-23(30)29(31)18-7-9-19(10-8-18)34(32,33)28-17-6-5-15-12-26-13-16(15)11-17/h2-11,14,26,28,31H,12-13H2,1H3,(H,27,30). The summed E-state index contributed by atoms with van der Waals surface area (Å²) >= 11 is 12.2. The minimum atomic E-state index is -3.86. The predicted octanol–water partition coefficient (Wildman–Crippen LogP) is 5.06. The Balaban J connectivity index is 1.43. The van der Waals surface area contributed by atoms with Gasteiger partial charge in [-0.25, -0.2) is 13.2 Å². The zero-order valence-electron chi connectivity index (χ0n) is 18.0. The highest BCUT2D eigenvalue weighted by Crippen LogP contribution is 2.30. The Morgan fingerprint density at radius 3 is 2.50 bits per heavy atom. The van der Waals surface area contributed by atoms with Crippen LogP contribution in [0.2, 0.25) is 10.0 Å². The van der Waals surface area contributed by atoms with E-state index >= 15 is 0 Å². The second-order valence-electron chi connectivity index (χ2n) is 7.81. The quantitative estimate of drug-likeness (QED) is 0.268. The maximum atomic E-state index is 12.8. The third-order valence-electron chi connectivity index (χ3n) is 5.46. The van der Waals surface area contributed by atoms with Gasteiger partial charge in [0.25, 0.3) is 10.0 Å². The molecule has 4 rings (SSSR count). The fourth-order valence-corrected chi connectivity index (χ4v) is 5.16. The Kier molecular flexibility index (Phi) is 7.01. The summed E-state index contributed by atoms with van der Waals surface area (Å²) in [6.07, 6.45) is 0. The molecule has 3 aromatic carbocycles. The summed E-state index contributed by atoms with van der Waals surface area (Å²) in [5.74, 6) is 0. The largest absolute Gasteiger partial charge is 0.346 e. The molecule has 0 aromatic heterocycles. The molecule has 1 heterocycles. The van der Waals surface area contributed by atoms with E-state index in [0.29, 0.717) is 32.9 Å². The van der Waals surface area contributed by atoms with Crippen LogP contribution in [0.5, 0.6) is 0 Å². The summed E-state index contributed by atoms with van der Waals surface area (Å²) < 4.78 is 28.1. The van der Waals surface area contributed by atoms with Gasteiger partial charge in [0.15, 0.2) is 0 Å². The van der Waals surface area contributed by atoms with Crippen molar-refractivity contribution in [2.45, 2.75) is 31.0 Å². The molecule has 4 N–H and O–H groups in total. The SMILES string of the molecule is CC(NC(=O)N(O)c1ccc(S(=O)(=O)Nc2ccc3c(c2)CNC3)cc1)c1cccc(Cl)c1Cl. The van der Waals surface area contributed by atoms with Gasteiger partial charge >= 0.3 is 6.03 Å². The van der Waals surface area contributed by atoms with Gasteiger partial charge in [0.2, 0.25) is 0 Å². The van der Waals surface area contributed by atoms with Gasteiger partial charge in [-0.15, -0.1) is 0 Å². The van der Waals surface area contributed by atoms with Crippen molar-refractivity contribution in [3.8, 4) is 0 Å². The number of benzene rings is 3. The number of carbonyl (C=O) groups is 1. The summed E-state index contributed by atoms with van der Waals surface area (Å²) in [6, 6.07) is 14.4. The van der Waals surface area contributed by atoms with E-state index in [1.54, 1.807) is 37.3 Å². The smallest absolute Gasteiger partial charge is 0.329 e. The minimum Gasteiger partial charge on any atom is -0.329 e. The van der Waals surface area contributed by atoms with Gasteiger partial charge in [0.05, 0.1) is 26.7 Å². The number of hydroxylamine groups is 1. The van der Waals surface area contributed by atoms with Crippen molar-refractivity contribution < 1.29 is 18.4 Å². The van der Waals surface area contributed by atoms with Crippen LogP contribution in [0.15, 0.2) is 65.6 Å². The Morgan fingerprint density at radius 1 is 1.06 bits per heavy atom. The molecule has 1 aliphatic rings. The summed E-state index contributed by atoms with van der Waals surface area (Å²) in [5.41, 5.74) is 3.32. The summed E-state index contributed by atoms with van der Waals surface area (Å²) in [7, 11) is -3.86. The highest BCUT2D eigenvalue weighted by Gasteiger charge is 2.21. The highest BCUT2D eigenvalue weighted by molar-refractivity contribution is 7.92. The van der Waals surface area contributed by atoms with Crippen LogP contribution >= 0.6 is 23.2 Å². The molecule has 178 valence electrons. The van der Waals surface area contributed by atoms with Crippen LogP contribution in [-0.4, -0.2) is 19.7 Å². The van der Waals surface area contributed by atoms with Crippen molar-refractivity contribution in [1.82, 2.24) is 10.6 Å². The van der Waals surface area contributed by atoms with Crippen molar-refractivity contribution in [2.24, 2.45) is 0 Å². The molecule has 1 aliphatic heterocycles. The predicted molar refractivity (Wildman–Crippen MR) is 132 cm³/mol. The first-order valence-electron chi connectivity index (χ1n) is 10.3. The summed E-state index contributed by atoms with van der Waals surface area (Å²) in [5, 5.41) is 17.2. The molecule has 0 spiro atoms. The second-order valence-corrected chi connectivity index (χ2v) is 10.3. The van der Waals surface area contributed by atoms with Crippen LogP contribution in [-0.2, 0) is 23.1 Å². The van der Waals surface area contributed by atoms with Crippen LogP contribution in [0, 0.1) is 0 Å². The first-order valence-corrected chi connectivity index (χ1v) is 12.6. The zero-order valence-corrected chi connectivity index (χ0v) is 20.4. The number of fused-ring (bicyclic) bond motifs is 1. The molecule has 0 saturated carbocycles. The maximum Gasteiger partial charge on any atom is 0.346 e. The molecule has 0 saturated heterocycles. The number of rotatable bonds is 6. The van der Waals surface area contributed by atoms with E-state index in [4.69, 9.17) is 23.2 Å². The highest BCUT2D eigenvalue weighted by atomic mass is 35.5. The Morgan fingerprint density at radius 2 is 1.76 bits per heavy atom. The lowest BCUT2D eigenvalue weighted by Gasteiger charge is -2.21. The van der Waals surface area contributed by atoms with E-state index in [1.807, 2.05) is 6.07 Å². The average molecular weight is 521 g/mol. The van der Waals surface area contributed by atoms with E-state index in [9.17, 15) is 18.4 Å². The number of amides is 2. The van der Waals surface area contributed by atoms with Gasteiger partial charge in [-0.05, 0) is 66.1 Å². The lowest BCUT2D eigenvalue weighted by molar-refractivity contribution is 0.202. The first-order chi connectivity index (χ1) is 16.2. The number of carbonyl (C=O) groups excluding carboxylic acids is 1. The van der Waals surface area contributed by atoms with Crippen LogP contribution in [0.3, 0.4) is 0 Å².